The molecule has 1 saturated carbocycles. The number of nitrogens with one attached hydrogen (secondary N) is 1. The molecule has 6 heteroatoms. The molecule has 0 saturated heterocycles. The number of aromatic nitrogens is 2. The smallest absolute Gasteiger partial charge is 0.256 e. The fourth-order valence-corrected chi connectivity index (χ4v) is 2.48. The Morgan fingerprint density at radius 1 is 1.43 bits per heavy atom. The van der Waals surface area contributed by atoms with Gasteiger partial charge in [0.05, 0.1) is 17.8 Å². The first-order valence-corrected chi connectivity index (χ1v) is 7.20. The lowest BCUT2D eigenvalue weighted by Crippen LogP contribution is -2.26. The molecule has 1 aliphatic rings. The van der Waals surface area contributed by atoms with Gasteiger partial charge in [-0.3, -0.25) is 4.79 Å². The zero-order valence-corrected chi connectivity index (χ0v) is 12.3. The molecule has 1 aromatic carbocycles. The number of hydrogen-bond donors (Lipinski definition) is 1. The molecule has 1 fully saturated rings. The summed E-state index contributed by atoms with van der Waals surface area (Å²) in [6, 6.07) is 6.40. The number of rotatable bonds is 4. The number of hydrogen-bond acceptors (Lipinski definition) is 2. The van der Waals surface area contributed by atoms with Crippen LogP contribution < -0.4 is 5.32 Å². The monoisotopic (exact) mass is 307 g/mol. The number of halogens is 2. The van der Waals surface area contributed by atoms with Crippen molar-refractivity contribution in [3.63, 3.8) is 0 Å². The van der Waals surface area contributed by atoms with Gasteiger partial charge in [-0.2, -0.15) is 5.10 Å². The van der Waals surface area contributed by atoms with Crippen LogP contribution in [0.15, 0.2) is 24.3 Å². The van der Waals surface area contributed by atoms with Crippen LogP contribution in [0.2, 0.25) is 5.15 Å². The van der Waals surface area contributed by atoms with E-state index in [-0.39, 0.29) is 17.8 Å². The third-order valence-electron chi connectivity index (χ3n) is 3.45. The summed E-state index contributed by atoms with van der Waals surface area (Å²) in [5.41, 5.74) is 1.89. The molecule has 0 spiro atoms. The van der Waals surface area contributed by atoms with Crippen molar-refractivity contribution in [2.75, 3.05) is 0 Å². The van der Waals surface area contributed by atoms with Gasteiger partial charge in [0.2, 0.25) is 0 Å². The van der Waals surface area contributed by atoms with Crippen LogP contribution in [0.1, 0.15) is 34.5 Å². The average molecular weight is 308 g/mol. The van der Waals surface area contributed by atoms with E-state index in [1.54, 1.807) is 23.7 Å². The summed E-state index contributed by atoms with van der Waals surface area (Å²) < 4.78 is 14.5. The summed E-state index contributed by atoms with van der Waals surface area (Å²) >= 11 is 6.28. The third-order valence-corrected chi connectivity index (χ3v) is 3.83. The summed E-state index contributed by atoms with van der Waals surface area (Å²) in [5.74, 6) is -0.462. The second kappa shape index (κ2) is 5.48. The van der Waals surface area contributed by atoms with Crippen LogP contribution in [0.4, 0.5) is 4.39 Å². The average Bonchev–Trinajstić information content (AvgIpc) is 3.19. The van der Waals surface area contributed by atoms with Crippen LogP contribution in [0.5, 0.6) is 0 Å². The van der Waals surface area contributed by atoms with Gasteiger partial charge in [-0.15, -0.1) is 0 Å². The predicted molar refractivity (Wildman–Crippen MR) is 78.0 cm³/mol. The predicted octanol–water partition coefficient (Wildman–Crippen LogP) is 2.92. The minimum Gasteiger partial charge on any atom is -0.349 e. The van der Waals surface area contributed by atoms with Crippen molar-refractivity contribution < 1.29 is 9.18 Å². The maximum atomic E-state index is 12.9. The van der Waals surface area contributed by atoms with E-state index in [0.717, 1.165) is 18.4 Å². The first-order chi connectivity index (χ1) is 10.0. The number of carbonyl (C=O) groups is 1. The van der Waals surface area contributed by atoms with Gasteiger partial charge >= 0.3 is 0 Å². The maximum Gasteiger partial charge on any atom is 0.256 e. The van der Waals surface area contributed by atoms with Gasteiger partial charge in [0, 0.05) is 6.04 Å². The van der Waals surface area contributed by atoms with E-state index >= 15 is 0 Å². The van der Waals surface area contributed by atoms with Crippen LogP contribution in [0, 0.1) is 12.7 Å². The Morgan fingerprint density at radius 3 is 2.71 bits per heavy atom. The molecule has 0 unspecified atom stereocenters. The largest absolute Gasteiger partial charge is 0.349 e. The van der Waals surface area contributed by atoms with E-state index < -0.39 is 0 Å². The molecule has 110 valence electrons. The van der Waals surface area contributed by atoms with Crippen LogP contribution in [-0.4, -0.2) is 21.7 Å². The molecule has 0 aliphatic heterocycles. The number of amides is 1. The molecule has 4 nitrogen and oxygen atoms in total. The fourth-order valence-electron chi connectivity index (χ4n) is 2.16. The third kappa shape index (κ3) is 3.08. The summed E-state index contributed by atoms with van der Waals surface area (Å²) in [6.07, 6.45) is 2.04. The Bertz CT molecular complexity index is 677. The molecule has 0 radical (unpaired) electrons. The van der Waals surface area contributed by atoms with Gasteiger partial charge < -0.3 is 5.32 Å². The maximum absolute atomic E-state index is 12.9. The summed E-state index contributed by atoms with van der Waals surface area (Å²) in [6.45, 7) is 2.16. The highest BCUT2D eigenvalue weighted by molar-refractivity contribution is 6.33. The van der Waals surface area contributed by atoms with E-state index in [1.165, 1.54) is 12.1 Å². The van der Waals surface area contributed by atoms with Crippen molar-refractivity contribution in [1.29, 1.82) is 0 Å². The van der Waals surface area contributed by atoms with Gasteiger partial charge in [-0.05, 0) is 37.5 Å². The van der Waals surface area contributed by atoms with Gasteiger partial charge in [0.15, 0.2) is 0 Å². The molecular formula is C15H15ClFN3O. The molecule has 1 amide bonds. The first-order valence-electron chi connectivity index (χ1n) is 6.83. The van der Waals surface area contributed by atoms with Crippen molar-refractivity contribution >= 4 is 17.5 Å². The topological polar surface area (TPSA) is 46.9 Å². The van der Waals surface area contributed by atoms with Crippen molar-refractivity contribution in [3.05, 3.63) is 52.1 Å². The summed E-state index contributed by atoms with van der Waals surface area (Å²) in [5, 5.41) is 7.53. The minimum atomic E-state index is -0.286. The Labute approximate surface area is 126 Å². The molecule has 1 aliphatic carbocycles. The van der Waals surface area contributed by atoms with Gasteiger partial charge in [-0.1, -0.05) is 23.7 Å². The number of benzene rings is 1. The molecule has 1 aromatic heterocycles. The number of nitrogens with zero attached hydrogens (tertiary/aromatic N) is 2. The van der Waals surface area contributed by atoms with Crippen molar-refractivity contribution in [1.82, 2.24) is 15.1 Å². The second-order valence-electron chi connectivity index (χ2n) is 5.28. The van der Waals surface area contributed by atoms with E-state index in [4.69, 9.17) is 11.6 Å². The van der Waals surface area contributed by atoms with Crippen LogP contribution >= 0.6 is 11.6 Å². The second-order valence-corrected chi connectivity index (χ2v) is 5.64. The molecule has 21 heavy (non-hydrogen) atoms. The quantitative estimate of drug-likeness (QED) is 0.944. The molecular weight excluding hydrogens is 293 g/mol. The standard InChI is InChI=1S/C15H15ClFN3O/c1-9-13(15(21)18-12-6-7-12)14(16)20(19-9)8-10-2-4-11(17)5-3-10/h2-5,12H,6-8H2,1H3,(H,18,21). The zero-order valence-electron chi connectivity index (χ0n) is 11.6. The first kappa shape index (κ1) is 14.1. The number of carbonyl (C=O) groups excluding carboxylic acids is 1. The van der Waals surface area contributed by atoms with Crippen molar-refractivity contribution in [2.24, 2.45) is 0 Å². The molecule has 1 heterocycles. The highest BCUT2D eigenvalue weighted by Gasteiger charge is 2.27. The molecule has 3 rings (SSSR count). The van der Waals surface area contributed by atoms with Gasteiger partial charge in [0.1, 0.15) is 11.0 Å². The van der Waals surface area contributed by atoms with E-state index in [0.29, 0.717) is 23.0 Å². The fraction of sp³-hybridized carbons (Fsp3) is 0.333. The lowest BCUT2D eigenvalue weighted by Gasteiger charge is -2.05. The summed E-state index contributed by atoms with van der Waals surface area (Å²) in [7, 11) is 0. The van der Waals surface area contributed by atoms with E-state index in [9.17, 15) is 9.18 Å². The van der Waals surface area contributed by atoms with Gasteiger partial charge in [0.25, 0.3) is 5.91 Å². The van der Waals surface area contributed by atoms with Crippen molar-refractivity contribution in [2.45, 2.75) is 32.4 Å². The Hall–Kier alpha value is -1.88. The van der Waals surface area contributed by atoms with E-state index in [2.05, 4.69) is 10.4 Å². The highest BCUT2D eigenvalue weighted by Crippen LogP contribution is 2.24. The SMILES string of the molecule is Cc1nn(Cc2ccc(F)cc2)c(Cl)c1C(=O)NC1CC1. The lowest BCUT2D eigenvalue weighted by atomic mass is 10.2. The van der Waals surface area contributed by atoms with Gasteiger partial charge in [-0.25, -0.2) is 9.07 Å². The molecule has 1 N–H and O–H groups in total. The molecule has 0 bridgehead atoms. The summed E-state index contributed by atoms with van der Waals surface area (Å²) in [4.78, 5) is 12.1. The Balaban J connectivity index is 1.82. The van der Waals surface area contributed by atoms with Crippen LogP contribution in [0.3, 0.4) is 0 Å². The zero-order chi connectivity index (χ0) is 15.0. The van der Waals surface area contributed by atoms with Crippen LogP contribution in [0.25, 0.3) is 0 Å². The van der Waals surface area contributed by atoms with Crippen molar-refractivity contribution in [3.8, 4) is 0 Å². The minimum absolute atomic E-state index is 0.176. The van der Waals surface area contributed by atoms with E-state index in [1.807, 2.05) is 0 Å². The normalized spacial score (nSPS) is 14.2. The highest BCUT2D eigenvalue weighted by atomic mass is 35.5. The number of aryl methyl sites for hydroxylation is 1. The Kier molecular flexibility index (Phi) is 3.68. The Morgan fingerprint density at radius 2 is 2.10 bits per heavy atom. The molecule has 2 aromatic rings. The lowest BCUT2D eigenvalue weighted by molar-refractivity contribution is 0.0950. The molecule has 0 atom stereocenters. The van der Waals surface area contributed by atoms with Crippen LogP contribution in [-0.2, 0) is 6.54 Å².